The maximum absolute atomic E-state index is 13.6. The fraction of sp³-hybridized carbons (Fsp3) is 0.429. The third-order valence-corrected chi connectivity index (χ3v) is 3.20. The Morgan fingerprint density at radius 1 is 1.30 bits per heavy atom. The quantitative estimate of drug-likeness (QED) is 0.637. The summed E-state index contributed by atoms with van der Waals surface area (Å²) in [4.78, 5) is 22.2. The highest BCUT2D eigenvalue weighted by Gasteiger charge is 2.28. The van der Waals surface area contributed by atoms with Gasteiger partial charge in [0.1, 0.15) is 5.82 Å². The molecule has 1 fully saturated rings. The van der Waals surface area contributed by atoms with Crippen molar-refractivity contribution >= 4 is 11.8 Å². The number of benzene rings is 1. The lowest BCUT2D eigenvalue weighted by Crippen LogP contribution is -2.32. The lowest BCUT2D eigenvalue weighted by Gasteiger charge is -2.08. The van der Waals surface area contributed by atoms with Crippen molar-refractivity contribution in [2.45, 2.75) is 19.4 Å². The molecule has 0 spiro atoms. The van der Waals surface area contributed by atoms with Crippen molar-refractivity contribution in [1.82, 2.24) is 10.6 Å². The Labute approximate surface area is 116 Å². The van der Waals surface area contributed by atoms with E-state index in [-0.39, 0.29) is 17.4 Å². The molecule has 1 aromatic rings. The van der Waals surface area contributed by atoms with Gasteiger partial charge in [0.25, 0.3) is 0 Å². The van der Waals surface area contributed by atoms with Crippen LogP contribution in [0.1, 0.15) is 28.8 Å². The molecule has 0 aromatic heterocycles. The first kappa shape index (κ1) is 14.5. The first-order valence-corrected chi connectivity index (χ1v) is 6.64. The molecule has 108 valence electrons. The number of nitrogens with two attached hydrogens (primary N) is 1. The van der Waals surface area contributed by atoms with E-state index in [9.17, 15) is 14.0 Å². The molecule has 1 aliphatic rings. The topological polar surface area (TPSA) is 84.2 Å². The molecule has 0 radical (unpaired) electrons. The second kappa shape index (κ2) is 6.47. The van der Waals surface area contributed by atoms with E-state index >= 15 is 0 Å². The predicted octanol–water partition coefficient (Wildman–Crippen LogP) is 0.540. The molecule has 0 atom stereocenters. The summed E-state index contributed by atoms with van der Waals surface area (Å²) in [7, 11) is 0. The number of rotatable bonds is 7. The van der Waals surface area contributed by atoms with Gasteiger partial charge in [-0.1, -0.05) is 6.07 Å². The van der Waals surface area contributed by atoms with Crippen LogP contribution in [-0.4, -0.2) is 24.9 Å². The Balaban J connectivity index is 1.70. The van der Waals surface area contributed by atoms with Gasteiger partial charge in [0.05, 0.1) is 0 Å². The molecule has 4 N–H and O–H groups in total. The Hall–Kier alpha value is -1.95. The second-order valence-electron chi connectivity index (χ2n) is 4.91. The van der Waals surface area contributed by atoms with E-state index in [1.807, 2.05) is 0 Å². The number of carbonyl (C=O) groups is 2. The van der Waals surface area contributed by atoms with Gasteiger partial charge in [-0.05, 0) is 25.0 Å². The van der Waals surface area contributed by atoms with Crippen LogP contribution < -0.4 is 16.4 Å². The van der Waals surface area contributed by atoms with Crippen molar-refractivity contribution in [2.75, 3.05) is 13.1 Å². The Kier molecular flexibility index (Phi) is 4.68. The van der Waals surface area contributed by atoms with E-state index in [0.717, 1.165) is 18.9 Å². The lowest BCUT2D eigenvalue weighted by molar-refractivity contribution is -0.122. The fourth-order valence-electron chi connectivity index (χ4n) is 1.83. The molecule has 5 nitrogen and oxygen atoms in total. The number of carbonyl (C=O) groups excluding carboxylic acids is 2. The van der Waals surface area contributed by atoms with Crippen molar-refractivity contribution in [3.8, 4) is 0 Å². The molecule has 20 heavy (non-hydrogen) atoms. The van der Waals surface area contributed by atoms with Gasteiger partial charge in [0.2, 0.25) is 11.8 Å². The number of amides is 2. The number of hydrogen-bond acceptors (Lipinski definition) is 3. The van der Waals surface area contributed by atoms with E-state index in [0.29, 0.717) is 25.2 Å². The number of nitrogens with one attached hydrogen (secondary N) is 2. The average Bonchev–Trinajstić information content (AvgIpc) is 3.23. The molecule has 1 saturated carbocycles. The van der Waals surface area contributed by atoms with Gasteiger partial charge in [0.15, 0.2) is 0 Å². The van der Waals surface area contributed by atoms with Crippen LogP contribution in [-0.2, 0) is 11.3 Å². The maximum Gasteiger partial charge on any atom is 0.248 e. The van der Waals surface area contributed by atoms with Gasteiger partial charge >= 0.3 is 0 Å². The van der Waals surface area contributed by atoms with Crippen LogP contribution in [0.5, 0.6) is 0 Å². The van der Waals surface area contributed by atoms with E-state index in [1.54, 1.807) is 0 Å². The summed E-state index contributed by atoms with van der Waals surface area (Å²) in [5, 5.41) is 5.85. The molecular weight excluding hydrogens is 261 g/mol. The third-order valence-electron chi connectivity index (χ3n) is 3.20. The van der Waals surface area contributed by atoms with Crippen molar-refractivity contribution < 1.29 is 14.0 Å². The molecule has 1 aliphatic carbocycles. The molecule has 0 bridgehead atoms. The van der Waals surface area contributed by atoms with Crippen LogP contribution in [0.25, 0.3) is 0 Å². The molecule has 2 rings (SSSR count). The minimum atomic E-state index is -0.647. The van der Waals surface area contributed by atoms with Crippen molar-refractivity contribution in [2.24, 2.45) is 11.7 Å². The zero-order valence-corrected chi connectivity index (χ0v) is 11.1. The number of primary amides is 1. The van der Waals surface area contributed by atoms with Gasteiger partial charge in [-0.3, -0.25) is 9.59 Å². The highest BCUT2D eigenvalue weighted by molar-refractivity contribution is 5.92. The molecule has 1 aromatic carbocycles. The second-order valence-corrected chi connectivity index (χ2v) is 4.91. The van der Waals surface area contributed by atoms with Gasteiger partial charge < -0.3 is 16.4 Å². The predicted molar refractivity (Wildman–Crippen MR) is 72.4 cm³/mol. The molecule has 0 aliphatic heterocycles. The Morgan fingerprint density at radius 3 is 2.65 bits per heavy atom. The average molecular weight is 279 g/mol. The van der Waals surface area contributed by atoms with Crippen LogP contribution in [0.3, 0.4) is 0 Å². The van der Waals surface area contributed by atoms with Crippen molar-refractivity contribution in [3.63, 3.8) is 0 Å². The number of halogens is 1. The first-order chi connectivity index (χ1) is 9.58. The summed E-state index contributed by atoms with van der Waals surface area (Å²) < 4.78 is 13.6. The van der Waals surface area contributed by atoms with Gasteiger partial charge in [-0.2, -0.15) is 0 Å². The highest BCUT2D eigenvalue weighted by atomic mass is 19.1. The zero-order valence-electron chi connectivity index (χ0n) is 11.1. The van der Waals surface area contributed by atoms with E-state index < -0.39 is 11.7 Å². The normalized spacial score (nSPS) is 14.1. The summed E-state index contributed by atoms with van der Waals surface area (Å²) in [6.07, 6.45) is 1.97. The fourth-order valence-corrected chi connectivity index (χ4v) is 1.83. The largest absolute Gasteiger partial charge is 0.366 e. The number of hydrogen-bond donors (Lipinski definition) is 3. The smallest absolute Gasteiger partial charge is 0.248 e. The van der Waals surface area contributed by atoms with Crippen molar-refractivity contribution in [1.29, 1.82) is 0 Å². The standard InChI is InChI=1S/C14H18FN3O2/c15-12-7-10(13(16)19)3-4-11(12)8-17-5-6-18-14(20)9-1-2-9/h3-4,7,9,17H,1-2,5-6,8H2,(H2,16,19)(H,18,20). The molecule has 0 heterocycles. The van der Waals surface area contributed by atoms with Gasteiger partial charge in [-0.25, -0.2) is 4.39 Å². The van der Waals surface area contributed by atoms with E-state index in [1.165, 1.54) is 12.1 Å². The van der Waals surface area contributed by atoms with Gasteiger partial charge in [0, 0.05) is 36.7 Å². The van der Waals surface area contributed by atoms with Crippen LogP contribution in [0.2, 0.25) is 0 Å². The minimum Gasteiger partial charge on any atom is -0.366 e. The van der Waals surface area contributed by atoms with Crippen LogP contribution >= 0.6 is 0 Å². The summed E-state index contributed by atoms with van der Waals surface area (Å²) in [5.41, 5.74) is 5.69. The van der Waals surface area contributed by atoms with Crippen LogP contribution in [0.15, 0.2) is 18.2 Å². The monoisotopic (exact) mass is 279 g/mol. The summed E-state index contributed by atoms with van der Waals surface area (Å²) in [5.74, 6) is -0.806. The maximum atomic E-state index is 13.6. The molecule has 0 saturated heterocycles. The lowest BCUT2D eigenvalue weighted by atomic mass is 10.1. The zero-order chi connectivity index (χ0) is 14.5. The molecular formula is C14H18FN3O2. The molecule has 6 heteroatoms. The van der Waals surface area contributed by atoms with Crippen molar-refractivity contribution in [3.05, 3.63) is 35.1 Å². The summed E-state index contributed by atoms with van der Waals surface area (Å²) in [6.45, 7) is 1.43. The minimum absolute atomic E-state index is 0.101. The van der Waals surface area contributed by atoms with Crippen LogP contribution in [0, 0.1) is 11.7 Å². The molecule has 2 amide bonds. The summed E-state index contributed by atoms with van der Waals surface area (Å²) in [6, 6.07) is 4.16. The summed E-state index contributed by atoms with van der Waals surface area (Å²) >= 11 is 0. The Bertz CT molecular complexity index is 515. The van der Waals surface area contributed by atoms with E-state index in [2.05, 4.69) is 10.6 Å². The highest BCUT2D eigenvalue weighted by Crippen LogP contribution is 2.28. The molecule has 0 unspecified atom stereocenters. The third kappa shape index (κ3) is 4.03. The first-order valence-electron chi connectivity index (χ1n) is 6.64. The van der Waals surface area contributed by atoms with Gasteiger partial charge in [-0.15, -0.1) is 0 Å². The van der Waals surface area contributed by atoms with E-state index in [4.69, 9.17) is 5.73 Å². The van der Waals surface area contributed by atoms with Crippen LogP contribution in [0.4, 0.5) is 4.39 Å². The Morgan fingerprint density at radius 2 is 2.05 bits per heavy atom. The SMILES string of the molecule is NC(=O)c1ccc(CNCCNC(=O)C2CC2)c(F)c1.